The molecule has 0 aliphatic rings. The number of thiophene rings is 1. The summed E-state index contributed by atoms with van der Waals surface area (Å²) in [5.74, 6) is 1.48. The van der Waals surface area contributed by atoms with Crippen LogP contribution in [0.15, 0.2) is 40.8 Å². The maximum absolute atomic E-state index is 5.46. The smallest absolute Gasteiger partial charge is 0.216 e. The second-order valence-corrected chi connectivity index (χ2v) is 6.31. The molecule has 0 spiro atoms. The van der Waals surface area contributed by atoms with Gasteiger partial charge in [0, 0.05) is 5.56 Å². The van der Waals surface area contributed by atoms with Gasteiger partial charge in [0.05, 0.1) is 17.7 Å². The Labute approximate surface area is 148 Å². The van der Waals surface area contributed by atoms with Crippen LogP contribution in [0.1, 0.15) is 17.4 Å². The monoisotopic (exact) mass is 359 g/mol. The van der Waals surface area contributed by atoms with Crippen LogP contribution >= 0.6 is 23.6 Å². The normalized spacial score (nSPS) is 11.1. The number of H-pyrrole nitrogens is 1. The molecule has 2 heterocycles. The molecule has 3 aromatic rings. The van der Waals surface area contributed by atoms with Gasteiger partial charge in [-0.3, -0.25) is 0 Å². The molecule has 124 valence electrons. The lowest BCUT2D eigenvalue weighted by atomic mass is 10.2. The minimum atomic E-state index is 0.443. The molecule has 1 aromatic carbocycles. The van der Waals surface area contributed by atoms with E-state index in [9.17, 15) is 0 Å². The molecule has 0 bridgehead atoms. The van der Waals surface area contributed by atoms with Crippen LogP contribution in [0.4, 0.5) is 0 Å². The number of ether oxygens (including phenoxy) is 1. The second-order valence-electron chi connectivity index (χ2n) is 4.97. The Morgan fingerprint density at radius 1 is 1.38 bits per heavy atom. The Kier molecular flexibility index (Phi) is 5.07. The lowest BCUT2D eigenvalue weighted by Crippen LogP contribution is -2.10. The van der Waals surface area contributed by atoms with Gasteiger partial charge in [0.1, 0.15) is 5.75 Å². The van der Waals surface area contributed by atoms with Gasteiger partial charge in [-0.15, -0.1) is 11.3 Å². The summed E-state index contributed by atoms with van der Waals surface area (Å²) in [6, 6.07) is 9.72. The summed E-state index contributed by atoms with van der Waals surface area (Å²) in [7, 11) is 0. The standard InChI is InChI=1S/C16H17N5OS2/c1-3-22-13-6-4-12(5-7-13)15-18-19-16(23)21(15)20-17-10-14-11(2)8-9-24-14/h4-10,20H,3H2,1-2H3,(H,19,23)/b17-10-. The number of hydrogen-bond acceptors (Lipinski definition) is 6. The number of hydrazone groups is 1. The highest BCUT2D eigenvalue weighted by Gasteiger charge is 2.08. The molecule has 0 atom stereocenters. The maximum Gasteiger partial charge on any atom is 0.216 e. The number of aromatic nitrogens is 3. The van der Waals surface area contributed by atoms with Crippen LogP contribution in [0.3, 0.4) is 0 Å². The van der Waals surface area contributed by atoms with E-state index >= 15 is 0 Å². The van der Waals surface area contributed by atoms with Crippen molar-refractivity contribution in [3.63, 3.8) is 0 Å². The van der Waals surface area contributed by atoms with E-state index in [0.29, 0.717) is 17.2 Å². The Morgan fingerprint density at radius 3 is 2.83 bits per heavy atom. The van der Waals surface area contributed by atoms with Gasteiger partial charge < -0.3 is 4.74 Å². The van der Waals surface area contributed by atoms with Crippen LogP contribution in [-0.2, 0) is 0 Å². The fourth-order valence-electron chi connectivity index (χ4n) is 2.11. The van der Waals surface area contributed by atoms with Crippen molar-refractivity contribution >= 4 is 29.8 Å². The summed E-state index contributed by atoms with van der Waals surface area (Å²) in [5.41, 5.74) is 5.02. The number of nitrogens with zero attached hydrogens (tertiary/aromatic N) is 3. The molecule has 6 nitrogen and oxygen atoms in total. The lowest BCUT2D eigenvalue weighted by molar-refractivity contribution is 0.340. The zero-order valence-corrected chi connectivity index (χ0v) is 14.9. The maximum atomic E-state index is 5.46. The number of hydrogen-bond donors (Lipinski definition) is 2. The Bertz CT molecular complexity index is 892. The number of aryl methyl sites for hydroxylation is 1. The first-order valence-corrected chi connectivity index (χ1v) is 8.71. The quantitative estimate of drug-likeness (QED) is 0.397. The molecule has 0 saturated carbocycles. The van der Waals surface area contributed by atoms with E-state index in [-0.39, 0.29) is 0 Å². The average Bonchev–Trinajstić information content (AvgIpc) is 3.15. The molecular weight excluding hydrogens is 342 g/mol. The zero-order chi connectivity index (χ0) is 16.9. The van der Waals surface area contributed by atoms with Crippen molar-refractivity contribution in [3.05, 3.63) is 50.9 Å². The third kappa shape index (κ3) is 3.55. The summed E-state index contributed by atoms with van der Waals surface area (Å²) in [6.07, 6.45) is 1.77. The topological polar surface area (TPSA) is 67.2 Å². The number of aromatic amines is 1. The van der Waals surface area contributed by atoms with Gasteiger partial charge in [0.25, 0.3) is 0 Å². The van der Waals surface area contributed by atoms with Crippen LogP contribution in [0.2, 0.25) is 0 Å². The third-order valence-corrected chi connectivity index (χ3v) is 4.56. The SMILES string of the molecule is CCOc1ccc(-c2n[nH]c(=S)n2N/N=C\c2sccc2C)cc1. The molecule has 0 radical (unpaired) electrons. The van der Waals surface area contributed by atoms with E-state index in [0.717, 1.165) is 16.2 Å². The van der Waals surface area contributed by atoms with Crippen LogP contribution < -0.4 is 10.3 Å². The van der Waals surface area contributed by atoms with Crippen molar-refractivity contribution in [2.75, 3.05) is 12.1 Å². The fourth-order valence-corrected chi connectivity index (χ4v) is 3.07. The van der Waals surface area contributed by atoms with Crippen LogP contribution in [0, 0.1) is 11.7 Å². The number of nitrogens with one attached hydrogen (secondary N) is 2. The van der Waals surface area contributed by atoms with Gasteiger partial charge >= 0.3 is 0 Å². The zero-order valence-electron chi connectivity index (χ0n) is 13.3. The van der Waals surface area contributed by atoms with Gasteiger partial charge in [-0.05, 0) is 67.3 Å². The lowest BCUT2D eigenvalue weighted by Gasteiger charge is -2.06. The van der Waals surface area contributed by atoms with E-state index in [1.165, 1.54) is 5.56 Å². The molecule has 0 amide bonds. The summed E-state index contributed by atoms with van der Waals surface area (Å²) >= 11 is 6.90. The van der Waals surface area contributed by atoms with Crippen LogP contribution in [0.25, 0.3) is 11.4 Å². The molecule has 0 unspecified atom stereocenters. The van der Waals surface area contributed by atoms with E-state index < -0.39 is 0 Å². The molecule has 8 heteroatoms. The van der Waals surface area contributed by atoms with Crippen molar-refractivity contribution in [2.45, 2.75) is 13.8 Å². The van der Waals surface area contributed by atoms with E-state index in [4.69, 9.17) is 17.0 Å². The van der Waals surface area contributed by atoms with Crippen molar-refractivity contribution in [2.24, 2.45) is 5.10 Å². The molecule has 0 saturated heterocycles. The molecule has 2 aromatic heterocycles. The van der Waals surface area contributed by atoms with Crippen LogP contribution in [0.5, 0.6) is 5.75 Å². The first-order valence-electron chi connectivity index (χ1n) is 7.43. The Balaban J connectivity index is 1.82. The summed E-state index contributed by atoms with van der Waals surface area (Å²) in [4.78, 5) is 1.10. The van der Waals surface area contributed by atoms with Crippen molar-refractivity contribution < 1.29 is 4.74 Å². The summed E-state index contributed by atoms with van der Waals surface area (Å²) in [6.45, 7) is 4.64. The minimum Gasteiger partial charge on any atom is -0.494 e. The van der Waals surface area contributed by atoms with E-state index in [2.05, 4.69) is 26.9 Å². The minimum absolute atomic E-state index is 0.443. The molecule has 24 heavy (non-hydrogen) atoms. The van der Waals surface area contributed by atoms with Gasteiger partial charge in [-0.1, -0.05) is 0 Å². The highest BCUT2D eigenvalue weighted by molar-refractivity contribution is 7.71. The highest BCUT2D eigenvalue weighted by Crippen LogP contribution is 2.20. The summed E-state index contributed by atoms with van der Waals surface area (Å²) in [5, 5.41) is 13.3. The van der Waals surface area contributed by atoms with E-state index in [1.807, 2.05) is 43.5 Å². The molecular formula is C16H17N5OS2. The Morgan fingerprint density at radius 2 is 2.17 bits per heavy atom. The fraction of sp³-hybridized carbons (Fsp3) is 0.188. The molecule has 0 aliphatic heterocycles. The van der Waals surface area contributed by atoms with Gasteiger partial charge in [0.2, 0.25) is 4.77 Å². The van der Waals surface area contributed by atoms with Crippen molar-refractivity contribution in [3.8, 4) is 17.1 Å². The molecule has 2 N–H and O–H groups in total. The van der Waals surface area contributed by atoms with Crippen molar-refractivity contribution in [1.29, 1.82) is 0 Å². The van der Waals surface area contributed by atoms with Gasteiger partial charge in [-0.2, -0.15) is 14.9 Å². The van der Waals surface area contributed by atoms with E-state index in [1.54, 1.807) is 22.2 Å². The third-order valence-electron chi connectivity index (χ3n) is 3.34. The Hall–Kier alpha value is -2.45. The number of rotatable bonds is 6. The highest BCUT2D eigenvalue weighted by atomic mass is 32.1. The van der Waals surface area contributed by atoms with Gasteiger partial charge in [0.15, 0.2) is 5.82 Å². The predicted molar refractivity (Wildman–Crippen MR) is 100 cm³/mol. The molecule has 0 fully saturated rings. The largest absolute Gasteiger partial charge is 0.494 e. The average molecular weight is 359 g/mol. The van der Waals surface area contributed by atoms with Crippen molar-refractivity contribution in [1.82, 2.24) is 14.9 Å². The first-order chi connectivity index (χ1) is 11.7. The molecule has 3 rings (SSSR count). The van der Waals surface area contributed by atoms with Gasteiger partial charge in [-0.25, -0.2) is 10.6 Å². The van der Waals surface area contributed by atoms with Crippen LogP contribution in [-0.4, -0.2) is 27.7 Å². The first kappa shape index (κ1) is 16.4. The second kappa shape index (κ2) is 7.41. The predicted octanol–water partition coefficient (Wildman–Crippen LogP) is 3.95. The number of benzene rings is 1. The molecule has 0 aliphatic carbocycles. The summed E-state index contributed by atoms with van der Waals surface area (Å²) < 4.78 is 7.53.